The number of ether oxygens (including phenoxy) is 1. The van der Waals surface area contributed by atoms with Crippen molar-refractivity contribution in [3.63, 3.8) is 0 Å². The summed E-state index contributed by atoms with van der Waals surface area (Å²) in [5, 5.41) is 4.80. The third-order valence-electron chi connectivity index (χ3n) is 4.96. The van der Waals surface area contributed by atoms with E-state index in [9.17, 15) is 14.4 Å². The number of carbonyl (C=O) groups is 3. The first kappa shape index (κ1) is 18.9. The number of piperidine rings is 1. The first-order valence-electron chi connectivity index (χ1n) is 9.21. The number of hydrogen-bond donors (Lipinski definition) is 1. The number of benzene rings is 2. The Balaban J connectivity index is 1.59. The molecule has 1 N–H and O–H groups in total. The molecule has 3 rings (SSSR count). The summed E-state index contributed by atoms with van der Waals surface area (Å²) in [6.07, 6.45) is 2.54. The molecule has 1 fully saturated rings. The predicted molar refractivity (Wildman–Crippen MR) is 102 cm³/mol. The lowest BCUT2D eigenvalue weighted by atomic mass is 10.0. The second-order valence-electron chi connectivity index (χ2n) is 6.71. The summed E-state index contributed by atoms with van der Waals surface area (Å²) in [7, 11) is 1.32. The maximum atomic E-state index is 12.5. The molecular formula is C21H24N2O4. The zero-order valence-corrected chi connectivity index (χ0v) is 15.4. The molecule has 1 aliphatic rings. The van der Waals surface area contributed by atoms with Gasteiger partial charge in [-0.25, -0.2) is 4.79 Å². The summed E-state index contributed by atoms with van der Waals surface area (Å²) in [5.74, 6) is -0.868. The zero-order valence-electron chi connectivity index (χ0n) is 15.4. The van der Waals surface area contributed by atoms with E-state index in [2.05, 4.69) is 5.32 Å². The van der Waals surface area contributed by atoms with Crippen LogP contribution in [0.25, 0.3) is 10.8 Å². The van der Waals surface area contributed by atoms with E-state index in [4.69, 9.17) is 4.74 Å². The normalized spacial score (nSPS) is 16.8. The van der Waals surface area contributed by atoms with Crippen molar-refractivity contribution in [2.45, 2.75) is 31.7 Å². The van der Waals surface area contributed by atoms with Crippen LogP contribution < -0.4 is 5.32 Å². The lowest BCUT2D eigenvalue weighted by molar-refractivity contribution is -0.154. The van der Waals surface area contributed by atoms with Gasteiger partial charge in [-0.1, -0.05) is 42.5 Å². The van der Waals surface area contributed by atoms with E-state index < -0.39 is 12.0 Å². The molecule has 142 valence electrons. The van der Waals surface area contributed by atoms with E-state index in [1.54, 1.807) is 0 Å². The molecule has 2 aromatic rings. The maximum absolute atomic E-state index is 12.5. The molecular weight excluding hydrogens is 344 g/mol. The molecule has 2 aromatic carbocycles. The fraction of sp³-hybridized carbons (Fsp3) is 0.381. The molecule has 0 spiro atoms. The van der Waals surface area contributed by atoms with Crippen LogP contribution in [0, 0.1) is 0 Å². The third kappa shape index (κ3) is 4.45. The number of amides is 2. The van der Waals surface area contributed by atoms with Crippen LogP contribution in [0.5, 0.6) is 0 Å². The van der Waals surface area contributed by atoms with Gasteiger partial charge >= 0.3 is 5.97 Å². The number of fused-ring (bicyclic) bond motifs is 1. The molecule has 1 atom stereocenters. The van der Waals surface area contributed by atoms with Gasteiger partial charge in [-0.3, -0.25) is 9.59 Å². The number of rotatable bonds is 5. The van der Waals surface area contributed by atoms with Gasteiger partial charge in [-0.15, -0.1) is 0 Å². The molecule has 0 aliphatic carbocycles. The number of nitrogens with one attached hydrogen (secondary N) is 1. The zero-order chi connectivity index (χ0) is 19.2. The van der Waals surface area contributed by atoms with Crippen molar-refractivity contribution in [1.29, 1.82) is 0 Å². The molecule has 1 unspecified atom stereocenters. The van der Waals surface area contributed by atoms with E-state index in [-0.39, 0.29) is 24.8 Å². The van der Waals surface area contributed by atoms with Crippen molar-refractivity contribution in [3.05, 3.63) is 48.0 Å². The summed E-state index contributed by atoms with van der Waals surface area (Å²) in [5.41, 5.74) is 0.920. The van der Waals surface area contributed by atoms with Crippen LogP contribution in [0.4, 0.5) is 0 Å². The minimum atomic E-state index is -0.550. The van der Waals surface area contributed by atoms with E-state index >= 15 is 0 Å². The van der Waals surface area contributed by atoms with Crippen LogP contribution in [0.1, 0.15) is 24.8 Å². The molecule has 6 heteroatoms. The third-order valence-corrected chi connectivity index (χ3v) is 4.96. The number of nitrogens with zero attached hydrogens (tertiary/aromatic N) is 1. The second kappa shape index (κ2) is 8.66. The highest BCUT2D eigenvalue weighted by Crippen LogP contribution is 2.19. The fourth-order valence-electron chi connectivity index (χ4n) is 3.57. The number of carbonyl (C=O) groups excluding carboxylic acids is 3. The van der Waals surface area contributed by atoms with Gasteiger partial charge in [0, 0.05) is 6.54 Å². The Morgan fingerprint density at radius 1 is 1.11 bits per heavy atom. The monoisotopic (exact) mass is 368 g/mol. The second-order valence-corrected chi connectivity index (χ2v) is 6.71. The highest BCUT2D eigenvalue weighted by atomic mass is 16.5. The predicted octanol–water partition coefficient (Wildman–Crippen LogP) is 2.05. The van der Waals surface area contributed by atoms with Crippen LogP contribution in [0.15, 0.2) is 42.5 Å². The molecule has 0 saturated carbocycles. The van der Waals surface area contributed by atoms with Gasteiger partial charge in [0.2, 0.25) is 11.8 Å². The summed E-state index contributed by atoms with van der Waals surface area (Å²) in [6, 6.07) is 13.2. The quantitative estimate of drug-likeness (QED) is 0.820. The molecule has 6 nitrogen and oxygen atoms in total. The minimum absolute atomic E-state index is 0.114. The van der Waals surface area contributed by atoms with Crippen molar-refractivity contribution in [1.82, 2.24) is 10.2 Å². The smallest absolute Gasteiger partial charge is 0.328 e. The van der Waals surface area contributed by atoms with E-state index in [0.717, 1.165) is 29.2 Å². The van der Waals surface area contributed by atoms with Gasteiger partial charge in [0.25, 0.3) is 0 Å². The van der Waals surface area contributed by atoms with E-state index in [1.165, 1.54) is 12.0 Å². The fourth-order valence-corrected chi connectivity index (χ4v) is 3.57. The maximum Gasteiger partial charge on any atom is 0.328 e. The lowest BCUT2D eigenvalue weighted by Gasteiger charge is -2.33. The Kier molecular flexibility index (Phi) is 6.06. The SMILES string of the molecule is COC(=O)C1CCCCN1C(=O)CNC(=O)Cc1cccc2ccccc12. The van der Waals surface area contributed by atoms with Gasteiger partial charge in [0.15, 0.2) is 0 Å². The van der Waals surface area contributed by atoms with Crippen LogP contribution in [0.3, 0.4) is 0 Å². The van der Waals surface area contributed by atoms with E-state index in [0.29, 0.717) is 13.0 Å². The first-order valence-corrected chi connectivity index (χ1v) is 9.21. The standard InChI is InChI=1S/C21H24N2O4/c1-27-21(26)18-11-4-5-12-23(18)20(25)14-22-19(24)13-16-9-6-8-15-7-2-3-10-17(15)16/h2-3,6-10,18H,4-5,11-14H2,1H3,(H,22,24). The average molecular weight is 368 g/mol. The molecule has 1 aliphatic heterocycles. The van der Waals surface area contributed by atoms with Crippen LogP contribution in [0.2, 0.25) is 0 Å². The first-order chi connectivity index (χ1) is 13.1. The Morgan fingerprint density at radius 2 is 1.89 bits per heavy atom. The van der Waals surface area contributed by atoms with Gasteiger partial charge in [-0.2, -0.15) is 0 Å². The molecule has 2 amide bonds. The summed E-state index contributed by atoms with van der Waals surface area (Å²) in [4.78, 5) is 38.2. The van der Waals surface area contributed by atoms with Gasteiger partial charge in [0.05, 0.1) is 20.1 Å². The lowest BCUT2D eigenvalue weighted by Crippen LogP contribution is -2.51. The number of methoxy groups -OCH3 is 1. The van der Waals surface area contributed by atoms with Gasteiger partial charge in [0.1, 0.15) is 6.04 Å². The molecule has 0 aromatic heterocycles. The Morgan fingerprint density at radius 3 is 2.70 bits per heavy atom. The Bertz CT molecular complexity index is 844. The Hall–Kier alpha value is -2.89. The van der Waals surface area contributed by atoms with Gasteiger partial charge < -0.3 is 15.0 Å². The van der Waals surface area contributed by atoms with Crippen molar-refractivity contribution in [2.75, 3.05) is 20.2 Å². The molecule has 1 heterocycles. The van der Waals surface area contributed by atoms with Crippen LogP contribution >= 0.6 is 0 Å². The molecule has 0 radical (unpaired) electrons. The largest absolute Gasteiger partial charge is 0.467 e. The average Bonchev–Trinajstić information content (AvgIpc) is 2.71. The summed E-state index contributed by atoms with van der Waals surface area (Å²) >= 11 is 0. The summed E-state index contributed by atoms with van der Waals surface area (Å²) < 4.78 is 4.80. The molecule has 1 saturated heterocycles. The molecule has 0 bridgehead atoms. The van der Waals surface area contributed by atoms with Crippen molar-refractivity contribution in [3.8, 4) is 0 Å². The minimum Gasteiger partial charge on any atom is -0.467 e. The van der Waals surface area contributed by atoms with Crippen molar-refractivity contribution in [2.24, 2.45) is 0 Å². The van der Waals surface area contributed by atoms with Crippen LogP contribution in [-0.4, -0.2) is 48.9 Å². The van der Waals surface area contributed by atoms with E-state index in [1.807, 2.05) is 42.5 Å². The van der Waals surface area contributed by atoms with Crippen molar-refractivity contribution < 1.29 is 19.1 Å². The highest BCUT2D eigenvalue weighted by Gasteiger charge is 2.32. The topological polar surface area (TPSA) is 75.7 Å². The number of likely N-dealkylation sites (tertiary alicyclic amines) is 1. The summed E-state index contributed by atoms with van der Waals surface area (Å²) in [6.45, 7) is 0.398. The highest BCUT2D eigenvalue weighted by molar-refractivity contribution is 5.92. The van der Waals surface area contributed by atoms with Crippen LogP contribution in [-0.2, 0) is 25.5 Å². The van der Waals surface area contributed by atoms with Crippen molar-refractivity contribution >= 4 is 28.6 Å². The molecule has 27 heavy (non-hydrogen) atoms. The number of hydrogen-bond acceptors (Lipinski definition) is 4. The Labute approximate surface area is 158 Å². The van der Waals surface area contributed by atoms with Gasteiger partial charge in [-0.05, 0) is 35.6 Å². The number of esters is 1.